The van der Waals surface area contributed by atoms with E-state index in [0.29, 0.717) is 11.8 Å². The lowest BCUT2D eigenvalue weighted by atomic mass is 9.81. The third-order valence-corrected chi connectivity index (χ3v) is 6.84. The SMILES string of the molecule is NS(=O)(=O)c1ccc(C2(CO)CC2C2CCCCC2)cc1Cl. The second-order valence-electron chi connectivity index (χ2n) is 6.71. The molecule has 0 bridgehead atoms. The molecule has 2 aliphatic rings. The van der Waals surface area contributed by atoms with Crippen molar-refractivity contribution in [1.29, 1.82) is 0 Å². The van der Waals surface area contributed by atoms with Crippen molar-refractivity contribution in [3.63, 3.8) is 0 Å². The first-order valence-electron chi connectivity index (χ1n) is 7.82. The Labute approximate surface area is 136 Å². The normalized spacial score (nSPS) is 29.5. The van der Waals surface area contributed by atoms with E-state index in [1.54, 1.807) is 12.1 Å². The number of aliphatic hydroxyl groups excluding tert-OH is 1. The van der Waals surface area contributed by atoms with Gasteiger partial charge in [-0.15, -0.1) is 0 Å². The van der Waals surface area contributed by atoms with Crippen LogP contribution < -0.4 is 5.14 Å². The highest BCUT2D eigenvalue weighted by molar-refractivity contribution is 7.89. The van der Waals surface area contributed by atoms with Crippen molar-refractivity contribution in [1.82, 2.24) is 0 Å². The van der Waals surface area contributed by atoms with Gasteiger partial charge in [0.1, 0.15) is 4.90 Å². The zero-order chi connectivity index (χ0) is 16.0. The van der Waals surface area contributed by atoms with Gasteiger partial charge in [-0.2, -0.15) is 0 Å². The Morgan fingerprint density at radius 1 is 1.27 bits per heavy atom. The maximum atomic E-state index is 11.5. The van der Waals surface area contributed by atoms with Crippen LogP contribution in [0, 0.1) is 11.8 Å². The highest BCUT2D eigenvalue weighted by Crippen LogP contribution is 2.60. The van der Waals surface area contributed by atoms with Gasteiger partial charge in [-0.1, -0.05) is 49.8 Å². The summed E-state index contributed by atoms with van der Waals surface area (Å²) in [6.07, 6.45) is 7.27. The van der Waals surface area contributed by atoms with Gasteiger partial charge in [-0.3, -0.25) is 0 Å². The molecular weight excluding hydrogens is 322 g/mol. The van der Waals surface area contributed by atoms with Crippen molar-refractivity contribution in [3.8, 4) is 0 Å². The quantitative estimate of drug-likeness (QED) is 0.882. The number of hydrogen-bond acceptors (Lipinski definition) is 3. The maximum absolute atomic E-state index is 11.5. The molecule has 2 saturated carbocycles. The molecule has 122 valence electrons. The van der Waals surface area contributed by atoms with Gasteiger partial charge in [-0.25, -0.2) is 13.6 Å². The monoisotopic (exact) mass is 343 g/mol. The molecule has 3 N–H and O–H groups in total. The molecule has 2 atom stereocenters. The average Bonchev–Trinajstić information content (AvgIpc) is 3.23. The van der Waals surface area contributed by atoms with Crippen LogP contribution in [-0.4, -0.2) is 20.1 Å². The minimum absolute atomic E-state index is 0.0547. The number of benzene rings is 1. The number of rotatable bonds is 4. The van der Waals surface area contributed by atoms with E-state index in [1.807, 2.05) is 0 Å². The molecule has 2 fully saturated rings. The van der Waals surface area contributed by atoms with E-state index in [-0.39, 0.29) is 21.9 Å². The topological polar surface area (TPSA) is 80.4 Å². The molecule has 0 heterocycles. The first kappa shape index (κ1) is 16.2. The third-order valence-electron chi connectivity index (χ3n) is 5.45. The molecule has 0 amide bonds. The first-order chi connectivity index (χ1) is 10.4. The summed E-state index contributed by atoms with van der Waals surface area (Å²) in [4.78, 5) is -0.0547. The van der Waals surface area contributed by atoms with E-state index in [2.05, 4.69) is 0 Å². The van der Waals surface area contributed by atoms with E-state index in [0.717, 1.165) is 12.0 Å². The Balaban J connectivity index is 1.88. The first-order valence-corrected chi connectivity index (χ1v) is 9.74. The van der Waals surface area contributed by atoms with E-state index in [1.165, 1.54) is 38.2 Å². The van der Waals surface area contributed by atoms with E-state index in [4.69, 9.17) is 16.7 Å². The fourth-order valence-corrected chi connectivity index (χ4v) is 5.23. The minimum Gasteiger partial charge on any atom is -0.395 e. The van der Waals surface area contributed by atoms with Crippen molar-refractivity contribution in [2.45, 2.75) is 48.8 Å². The fourth-order valence-electron chi connectivity index (χ4n) is 4.13. The van der Waals surface area contributed by atoms with Gasteiger partial charge in [0.25, 0.3) is 0 Å². The van der Waals surface area contributed by atoms with Crippen LogP contribution in [0.1, 0.15) is 44.1 Å². The fraction of sp³-hybridized carbons (Fsp3) is 0.625. The van der Waals surface area contributed by atoms with Crippen LogP contribution in [0.3, 0.4) is 0 Å². The standard InChI is InChI=1S/C16H22ClNO3S/c17-14-8-12(6-7-15(14)22(18,20)21)16(10-19)9-13(16)11-4-2-1-3-5-11/h6-8,11,13,19H,1-5,9-10H2,(H2,18,20,21). The maximum Gasteiger partial charge on any atom is 0.239 e. The molecule has 0 saturated heterocycles. The molecule has 0 radical (unpaired) electrons. The Bertz CT molecular complexity index is 670. The van der Waals surface area contributed by atoms with Gasteiger partial charge in [-0.05, 0) is 36.0 Å². The Kier molecular flexibility index (Phi) is 4.27. The van der Waals surface area contributed by atoms with Gasteiger partial charge in [0.15, 0.2) is 0 Å². The lowest BCUT2D eigenvalue weighted by Crippen LogP contribution is -2.21. The second kappa shape index (κ2) is 5.78. The van der Waals surface area contributed by atoms with Crippen molar-refractivity contribution in [2.24, 2.45) is 17.0 Å². The largest absolute Gasteiger partial charge is 0.395 e. The number of halogens is 1. The molecule has 4 nitrogen and oxygen atoms in total. The molecule has 2 aliphatic carbocycles. The molecule has 1 aromatic rings. The number of sulfonamides is 1. The van der Waals surface area contributed by atoms with Crippen molar-refractivity contribution in [2.75, 3.05) is 6.61 Å². The van der Waals surface area contributed by atoms with Gasteiger partial charge in [0.2, 0.25) is 10.0 Å². The summed E-state index contributed by atoms with van der Waals surface area (Å²) in [5.74, 6) is 1.15. The lowest BCUT2D eigenvalue weighted by Gasteiger charge is -2.25. The zero-order valence-electron chi connectivity index (χ0n) is 12.5. The van der Waals surface area contributed by atoms with Crippen molar-refractivity contribution >= 4 is 21.6 Å². The van der Waals surface area contributed by atoms with Crippen LogP contribution >= 0.6 is 11.6 Å². The van der Waals surface area contributed by atoms with Crippen LogP contribution in [0.2, 0.25) is 5.02 Å². The van der Waals surface area contributed by atoms with E-state index >= 15 is 0 Å². The van der Waals surface area contributed by atoms with Crippen LogP contribution in [0.15, 0.2) is 23.1 Å². The summed E-state index contributed by atoms with van der Waals surface area (Å²) in [6, 6.07) is 4.88. The molecule has 22 heavy (non-hydrogen) atoms. The van der Waals surface area contributed by atoms with Crippen LogP contribution in [0.4, 0.5) is 0 Å². The molecule has 6 heteroatoms. The summed E-state index contributed by atoms with van der Waals surface area (Å²) in [5.41, 5.74) is 0.686. The summed E-state index contributed by atoms with van der Waals surface area (Å²) in [6.45, 7) is 0.0826. The molecule has 1 aromatic carbocycles. The summed E-state index contributed by atoms with van der Waals surface area (Å²) < 4.78 is 22.9. The third kappa shape index (κ3) is 2.80. The summed E-state index contributed by atoms with van der Waals surface area (Å²) >= 11 is 6.10. The molecule has 0 spiro atoms. The summed E-state index contributed by atoms with van der Waals surface area (Å²) in [5, 5.41) is 15.2. The summed E-state index contributed by atoms with van der Waals surface area (Å²) in [7, 11) is -3.81. The smallest absolute Gasteiger partial charge is 0.239 e. The highest BCUT2D eigenvalue weighted by Gasteiger charge is 2.57. The predicted molar refractivity (Wildman–Crippen MR) is 86.3 cm³/mol. The molecule has 0 aromatic heterocycles. The van der Waals surface area contributed by atoms with Crippen LogP contribution in [-0.2, 0) is 15.4 Å². The number of aliphatic hydroxyl groups is 1. The van der Waals surface area contributed by atoms with Gasteiger partial charge >= 0.3 is 0 Å². The van der Waals surface area contributed by atoms with Gasteiger partial charge in [0.05, 0.1) is 11.6 Å². The van der Waals surface area contributed by atoms with Crippen LogP contribution in [0.25, 0.3) is 0 Å². The zero-order valence-corrected chi connectivity index (χ0v) is 14.0. The van der Waals surface area contributed by atoms with Crippen molar-refractivity contribution in [3.05, 3.63) is 28.8 Å². The average molecular weight is 344 g/mol. The number of hydrogen-bond donors (Lipinski definition) is 2. The number of primary sulfonamides is 1. The van der Waals surface area contributed by atoms with Gasteiger partial charge < -0.3 is 5.11 Å². The lowest BCUT2D eigenvalue weighted by molar-refractivity contribution is 0.218. The van der Waals surface area contributed by atoms with E-state index in [9.17, 15) is 13.5 Å². The Morgan fingerprint density at radius 3 is 2.50 bits per heavy atom. The Morgan fingerprint density at radius 2 is 1.95 bits per heavy atom. The molecule has 0 aliphatic heterocycles. The van der Waals surface area contributed by atoms with Gasteiger partial charge in [0, 0.05) is 5.41 Å². The predicted octanol–water partition coefficient (Wildman–Crippen LogP) is 2.82. The Hall–Kier alpha value is -0.620. The number of nitrogens with two attached hydrogens (primary N) is 1. The molecule has 2 unspecified atom stereocenters. The van der Waals surface area contributed by atoms with Crippen molar-refractivity contribution < 1.29 is 13.5 Å². The molecular formula is C16H22ClNO3S. The van der Waals surface area contributed by atoms with Crippen LogP contribution in [0.5, 0.6) is 0 Å². The molecule has 3 rings (SSSR count). The van der Waals surface area contributed by atoms with E-state index < -0.39 is 10.0 Å². The highest BCUT2D eigenvalue weighted by atomic mass is 35.5. The second-order valence-corrected chi connectivity index (χ2v) is 8.65. The minimum atomic E-state index is -3.81.